The zero-order valence-corrected chi connectivity index (χ0v) is 14.9. The molecule has 25 heavy (non-hydrogen) atoms. The van der Waals surface area contributed by atoms with Gasteiger partial charge in [-0.1, -0.05) is 6.42 Å². The number of allylic oxidation sites excluding steroid dienone is 1. The highest BCUT2D eigenvalue weighted by Gasteiger charge is 2.13. The number of rotatable bonds is 3. The first-order valence-electron chi connectivity index (χ1n) is 8.53. The van der Waals surface area contributed by atoms with Crippen molar-refractivity contribution in [3.05, 3.63) is 46.3 Å². The van der Waals surface area contributed by atoms with Crippen molar-refractivity contribution in [3.8, 4) is 6.07 Å². The predicted octanol–water partition coefficient (Wildman–Crippen LogP) is 4.50. The average Bonchev–Trinajstić information content (AvgIpc) is 3.11. The maximum absolute atomic E-state index is 9.37. The van der Waals surface area contributed by atoms with Gasteiger partial charge in [-0.3, -0.25) is 0 Å². The van der Waals surface area contributed by atoms with E-state index in [1.165, 1.54) is 41.9 Å². The van der Waals surface area contributed by atoms with Crippen LogP contribution in [0.25, 0.3) is 16.6 Å². The van der Waals surface area contributed by atoms with Gasteiger partial charge in [0.1, 0.15) is 22.5 Å². The third-order valence-electron chi connectivity index (χ3n) is 4.46. The van der Waals surface area contributed by atoms with E-state index in [4.69, 9.17) is 4.98 Å². The summed E-state index contributed by atoms with van der Waals surface area (Å²) in [5.74, 6) is 1.19. The van der Waals surface area contributed by atoms with Crippen LogP contribution in [0.5, 0.6) is 0 Å². The molecule has 1 N–H and O–H groups in total. The van der Waals surface area contributed by atoms with Crippen molar-refractivity contribution in [2.24, 2.45) is 0 Å². The summed E-state index contributed by atoms with van der Waals surface area (Å²) in [5.41, 5.74) is 4.61. The lowest BCUT2D eigenvalue weighted by Crippen LogP contribution is -2.00. The molecule has 0 saturated heterocycles. The summed E-state index contributed by atoms with van der Waals surface area (Å²) >= 11 is 1.48. The number of hydrogen-bond donors (Lipinski definition) is 1. The molecule has 0 amide bonds. The lowest BCUT2D eigenvalue weighted by molar-refractivity contribution is 0.647. The SMILES string of the molecule is Cc1csc(/C(C#N)=C/Nc2ccc3c(c2)nc2n3CCCCC2)n1. The molecule has 0 fully saturated rings. The van der Waals surface area contributed by atoms with Crippen molar-refractivity contribution in [2.45, 2.75) is 39.2 Å². The number of nitrogens with one attached hydrogen (secondary N) is 1. The fourth-order valence-corrected chi connectivity index (χ4v) is 3.98. The predicted molar refractivity (Wildman–Crippen MR) is 101 cm³/mol. The van der Waals surface area contributed by atoms with Gasteiger partial charge in [0, 0.05) is 35.9 Å². The van der Waals surface area contributed by atoms with Gasteiger partial charge in [-0.2, -0.15) is 5.26 Å². The Kier molecular flexibility index (Phi) is 4.24. The van der Waals surface area contributed by atoms with Gasteiger partial charge in [-0.25, -0.2) is 9.97 Å². The molecule has 126 valence electrons. The van der Waals surface area contributed by atoms with E-state index in [2.05, 4.69) is 33.1 Å². The lowest BCUT2D eigenvalue weighted by atomic mass is 10.2. The monoisotopic (exact) mass is 349 g/mol. The van der Waals surface area contributed by atoms with E-state index in [1.54, 1.807) is 6.20 Å². The second-order valence-corrected chi connectivity index (χ2v) is 7.16. The molecule has 3 aromatic rings. The Morgan fingerprint density at radius 1 is 1.32 bits per heavy atom. The molecule has 0 radical (unpaired) electrons. The molecule has 0 unspecified atom stereocenters. The maximum Gasteiger partial charge on any atom is 0.135 e. The molecule has 0 saturated carbocycles. The Morgan fingerprint density at radius 2 is 2.24 bits per heavy atom. The first-order valence-corrected chi connectivity index (χ1v) is 9.41. The van der Waals surface area contributed by atoms with Crippen LogP contribution in [0, 0.1) is 18.3 Å². The Labute approximate surface area is 150 Å². The normalized spacial score (nSPS) is 14.8. The van der Waals surface area contributed by atoms with Crippen molar-refractivity contribution in [2.75, 3.05) is 5.32 Å². The smallest absolute Gasteiger partial charge is 0.135 e. The van der Waals surface area contributed by atoms with Gasteiger partial charge >= 0.3 is 0 Å². The number of benzene rings is 1. The van der Waals surface area contributed by atoms with Crippen molar-refractivity contribution in [1.29, 1.82) is 5.26 Å². The number of aromatic nitrogens is 3. The largest absolute Gasteiger partial charge is 0.360 e. The van der Waals surface area contributed by atoms with Crippen LogP contribution in [-0.4, -0.2) is 14.5 Å². The molecule has 4 rings (SSSR count). The van der Waals surface area contributed by atoms with Crippen LogP contribution in [0.2, 0.25) is 0 Å². The summed E-state index contributed by atoms with van der Waals surface area (Å²) < 4.78 is 2.35. The van der Waals surface area contributed by atoms with E-state index in [9.17, 15) is 5.26 Å². The highest BCUT2D eigenvalue weighted by atomic mass is 32.1. The maximum atomic E-state index is 9.37. The van der Waals surface area contributed by atoms with Gasteiger partial charge in [-0.15, -0.1) is 11.3 Å². The van der Waals surface area contributed by atoms with Crippen LogP contribution in [0.4, 0.5) is 5.69 Å². The Hall–Kier alpha value is -2.65. The Morgan fingerprint density at radius 3 is 3.04 bits per heavy atom. The average molecular weight is 349 g/mol. The Balaban J connectivity index is 1.62. The topological polar surface area (TPSA) is 66.5 Å². The van der Waals surface area contributed by atoms with E-state index in [0.717, 1.165) is 34.9 Å². The highest BCUT2D eigenvalue weighted by Crippen LogP contribution is 2.25. The molecule has 1 aromatic carbocycles. The molecule has 2 aromatic heterocycles. The van der Waals surface area contributed by atoms with Gasteiger partial charge in [0.05, 0.1) is 11.0 Å². The number of nitriles is 1. The van der Waals surface area contributed by atoms with Gasteiger partial charge < -0.3 is 9.88 Å². The quantitative estimate of drug-likeness (QED) is 0.707. The molecule has 1 aliphatic rings. The third kappa shape index (κ3) is 3.15. The van der Waals surface area contributed by atoms with Crippen molar-refractivity contribution >= 4 is 33.6 Å². The molecule has 3 heterocycles. The van der Waals surface area contributed by atoms with Crippen LogP contribution in [0.15, 0.2) is 29.8 Å². The molecule has 0 spiro atoms. The fraction of sp³-hybridized carbons (Fsp3) is 0.316. The molecule has 5 nitrogen and oxygen atoms in total. The summed E-state index contributed by atoms with van der Waals surface area (Å²) in [6.45, 7) is 2.99. The van der Waals surface area contributed by atoms with Crippen molar-refractivity contribution in [3.63, 3.8) is 0 Å². The van der Waals surface area contributed by atoms with E-state index in [-0.39, 0.29) is 0 Å². The number of hydrogen-bond acceptors (Lipinski definition) is 5. The number of thiazole rings is 1. The van der Waals surface area contributed by atoms with E-state index in [1.807, 2.05) is 18.4 Å². The van der Waals surface area contributed by atoms with Crippen LogP contribution < -0.4 is 5.32 Å². The van der Waals surface area contributed by atoms with E-state index < -0.39 is 0 Å². The van der Waals surface area contributed by atoms with Crippen LogP contribution >= 0.6 is 11.3 Å². The van der Waals surface area contributed by atoms with E-state index >= 15 is 0 Å². The molecular formula is C19H19N5S. The minimum atomic E-state index is 0.541. The molecule has 6 heteroatoms. The number of nitrogens with zero attached hydrogens (tertiary/aromatic N) is 4. The molecule has 0 atom stereocenters. The van der Waals surface area contributed by atoms with Crippen molar-refractivity contribution < 1.29 is 0 Å². The second kappa shape index (κ2) is 6.69. The third-order valence-corrected chi connectivity index (χ3v) is 5.46. The zero-order valence-electron chi connectivity index (χ0n) is 14.1. The summed E-state index contributed by atoms with van der Waals surface area (Å²) in [7, 11) is 0. The number of fused-ring (bicyclic) bond motifs is 3. The minimum absolute atomic E-state index is 0.541. The number of imidazole rings is 1. The first-order chi connectivity index (χ1) is 12.2. The summed E-state index contributed by atoms with van der Waals surface area (Å²) in [6.07, 6.45) is 6.50. The number of aryl methyl sites for hydroxylation is 3. The summed E-state index contributed by atoms with van der Waals surface area (Å²) in [4.78, 5) is 9.18. The van der Waals surface area contributed by atoms with Crippen LogP contribution in [0.3, 0.4) is 0 Å². The van der Waals surface area contributed by atoms with Gasteiger partial charge in [0.25, 0.3) is 0 Å². The minimum Gasteiger partial charge on any atom is -0.360 e. The fourth-order valence-electron chi connectivity index (χ4n) is 3.21. The standard InChI is InChI=1S/C19H19N5S/c1-13-12-25-19(22-13)14(10-20)11-21-15-6-7-17-16(9-15)23-18-5-3-2-4-8-24(17)18/h6-7,9,11-12,21H,2-5,8H2,1H3/b14-11+. The summed E-state index contributed by atoms with van der Waals surface area (Å²) in [5, 5.41) is 15.3. The number of anilines is 1. The van der Waals surface area contributed by atoms with Crippen molar-refractivity contribution in [1.82, 2.24) is 14.5 Å². The molecular weight excluding hydrogens is 330 g/mol. The summed E-state index contributed by atoms with van der Waals surface area (Å²) in [6, 6.07) is 8.42. The highest BCUT2D eigenvalue weighted by molar-refractivity contribution is 7.10. The van der Waals surface area contributed by atoms with E-state index in [0.29, 0.717) is 5.57 Å². The van der Waals surface area contributed by atoms with Crippen LogP contribution in [-0.2, 0) is 13.0 Å². The Bertz CT molecular complexity index is 989. The lowest BCUT2D eigenvalue weighted by Gasteiger charge is -2.05. The van der Waals surface area contributed by atoms with Gasteiger partial charge in [0.15, 0.2) is 0 Å². The molecule has 0 bridgehead atoms. The zero-order chi connectivity index (χ0) is 17.2. The van der Waals surface area contributed by atoms with Gasteiger partial charge in [0.2, 0.25) is 0 Å². The molecule has 1 aliphatic heterocycles. The van der Waals surface area contributed by atoms with Crippen LogP contribution in [0.1, 0.15) is 35.8 Å². The van der Waals surface area contributed by atoms with Gasteiger partial charge in [-0.05, 0) is 38.0 Å². The molecule has 0 aliphatic carbocycles. The second-order valence-electron chi connectivity index (χ2n) is 6.30. The first kappa shape index (κ1) is 15.9.